The first-order valence-electron chi connectivity index (χ1n) is 6.51. The van der Waals surface area contributed by atoms with Crippen LogP contribution in [0, 0.1) is 0 Å². The highest BCUT2D eigenvalue weighted by Gasteiger charge is 2.32. The van der Waals surface area contributed by atoms with E-state index in [1.165, 1.54) is 0 Å². The molecule has 100 valence electrons. The normalized spacial score (nSPS) is 25.8. The van der Waals surface area contributed by atoms with Crippen LogP contribution in [0.4, 0.5) is 4.79 Å². The lowest BCUT2D eigenvalue weighted by Crippen LogP contribution is -2.49. The molecule has 1 amide bonds. The van der Waals surface area contributed by atoms with E-state index in [4.69, 9.17) is 4.74 Å². The molecule has 0 aromatic carbocycles. The lowest BCUT2D eigenvalue weighted by Gasteiger charge is -2.38. The van der Waals surface area contributed by atoms with Gasteiger partial charge in [0, 0.05) is 12.6 Å². The van der Waals surface area contributed by atoms with Crippen molar-refractivity contribution in [1.82, 2.24) is 4.90 Å². The lowest BCUT2D eigenvalue weighted by molar-refractivity contribution is -0.00931. The summed E-state index contributed by atoms with van der Waals surface area (Å²) in [7, 11) is 0. The number of nitrogens with zero attached hydrogens (tertiary/aromatic N) is 1. The van der Waals surface area contributed by atoms with Gasteiger partial charge in [-0.15, -0.1) is 0 Å². The summed E-state index contributed by atoms with van der Waals surface area (Å²) in [5, 5.41) is 9.66. The van der Waals surface area contributed by atoms with Gasteiger partial charge in [0.15, 0.2) is 0 Å². The van der Waals surface area contributed by atoms with E-state index in [0.717, 1.165) is 12.8 Å². The first-order chi connectivity index (χ1) is 7.83. The van der Waals surface area contributed by atoms with Crippen LogP contribution in [0.25, 0.3) is 0 Å². The Labute approximate surface area is 104 Å². The Morgan fingerprint density at radius 3 is 2.65 bits per heavy atom. The molecule has 1 heterocycles. The number of rotatable bonds is 2. The minimum Gasteiger partial charge on any atom is -0.444 e. The number of carbonyl (C=O) groups excluding carboxylic acids is 1. The van der Waals surface area contributed by atoms with Crippen molar-refractivity contribution in [2.75, 3.05) is 6.54 Å². The predicted octanol–water partition coefficient (Wildman–Crippen LogP) is 2.55. The summed E-state index contributed by atoms with van der Waals surface area (Å²) in [5.74, 6) is 0. The summed E-state index contributed by atoms with van der Waals surface area (Å²) in [6.45, 7) is 8.31. The van der Waals surface area contributed by atoms with Crippen LogP contribution in [0.15, 0.2) is 0 Å². The van der Waals surface area contributed by atoms with Gasteiger partial charge in [-0.3, -0.25) is 0 Å². The van der Waals surface area contributed by atoms with Crippen LogP contribution >= 0.6 is 0 Å². The summed E-state index contributed by atoms with van der Waals surface area (Å²) in [5.41, 5.74) is -0.454. The van der Waals surface area contributed by atoms with Crippen molar-refractivity contribution in [2.24, 2.45) is 0 Å². The fraction of sp³-hybridized carbons (Fsp3) is 0.923. The third-order valence-corrected chi connectivity index (χ3v) is 2.94. The van der Waals surface area contributed by atoms with E-state index >= 15 is 0 Å². The first kappa shape index (κ1) is 14.3. The SMILES string of the molecule is CCC[C@H]1C[C@@H](O)CCN1C(=O)OC(C)(C)C. The van der Waals surface area contributed by atoms with Crippen molar-refractivity contribution in [3.63, 3.8) is 0 Å². The van der Waals surface area contributed by atoms with E-state index in [0.29, 0.717) is 19.4 Å². The number of carbonyl (C=O) groups is 1. The Morgan fingerprint density at radius 2 is 2.12 bits per heavy atom. The second-order valence-corrected chi connectivity index (χ2v) is 5.79. The molecule has 1 aliphatic heterocycles. The van der Waals surface area contributed by atoms with E-state index < -0.39 is 5.60 Å². The summed E-state index contributed by atoms with van der Waals surface area (Å²) in [4.78, 5) is 13.8. The summed E-state index contributed by atoms with van der Waals surface area (Å²) >= 11 is 0. The molecule has 1 fully saturated rings. The van der Waals surface area contributed by atoms with Crippen molar-refractivity contribution in [1.29, 1.82) is 0 Å². The van der Waals surface area contributed by atoms with Crippen LogP contribution in [-0.2, 0) is 4.74 Å². The topological polar surface area (TPSA) is 49.8 Å². The molecule has 0 aliphatic carbocycles. The van der Waals surface area contributed by atoms with Crippen LogP contribution in [0.2, 0.25) is 0 Å². The smallest absolute Gasteiger partial charge is 0.410 e. The molecule has 0 aromatic rings. The fourth-order valence-electron chi connectivity index (χ4n) is 2.20. The quantitative estimate of drug-likeness (QED) is 0.811. The maximum absolute atomic E-state index is 12.0. The van der Waals surface area contributed by atoms with Gasteiger partial charge in [-0.1, -0.05) is 13.3 Å². The number of amides is 1. The Hall–Kier alpha value is -0.770. The van der Waals surface area contributed by atoms with Crippen molar-refractivity contribution < 1.29 is 14.6 Å². The first-order valence-corrected chi connectivity index (χ1v) is 6.51. The average Bonchev–Trinajstić information content (AvgIpc) is 2.15. The molecule has 1 rings (SSSR count). The van der Waals surface area contributed by atoms with Crippen LogP contribution in [-0.4, -0.2) is 40.4 Å². The van der Waals surface area contributed by atoms with Gasteiger partial charge in [0.25, 0.3) is 0 Å². The van der Waals surface area contributed by atoms with Crippen LogP contribution in [0.5, 0.6) is 0 Å². The van der Waals surface area contributed by atoms with E-state index in [-0.39, 0.29) is 18.2 Å². The van der Waals surface area contributed by atoms with Gasteiger partial charge in [0.05, 0.1) is 6.10 Å². The van der Waals surface area contributed by atoms with Gasteiger partial charge < -0.3 is 14.7 Å². The molecule has 1 saturated heterocycles. The summed E-state index contributed by atoms with van der Waals surface area (Å²) < 4.78 is 5.39. The highest BCUT2D eigenvalue weighted by Crippen LogP contribution is 2.23. The third kappa shape index (κ3) is 4.54. The summed E-state index contributed by atoms with van der Waals surface area (Å²) in [6, 6.07) is 0.124. The molecule has 4 nitrogen and oxygen atoms in total. The highest BCUT2D eigenvalue weighted by molar-refractivity contribution is 5.68. The lowest BCUT2D eigenvalue weighted by atomic mass is 9.96. The second-order valence-electron chi connectivity index (χ2n) is 5.79. The minimum atomic E-state index is -0.454. The second kappa shape index (κ2) is 5.71. The molecule has 1 N–H and O–H groups in total. The molecule has 0 spiro atoms. The van der Waals surface area contributed by atoms with E-state index in [1.807, 2.05) is 20.8 Å². The zero-order valence-corrected chi connectivity index (χ0v) is 11.4. The summed E-state index contributed by atoms with van der Waals surface area (Å²) in [6.07, 6.45) is 2.74. The number of hydrogen-bond donors (Lipinski definition) is 1. The molecule has 0 aromatic heterocycles. The Bertz CT molecular complexity index is 260. The standard InChI is InChI=1S/C13H25NO3/c1-5-6-10-9-11(15)7-8-14(10)12(16)17-13(2,3)4/h10-11,15H,5-9H2,1-4H3/t10-,11-/m0/s1. The van der Waals surface area contributed by atoms with Crippen molar-refractivity contribution in [3.05, 3.63) is 0 Å². The molecule has 1 aliphatic rings. The minimum absolute atomic E-state index is 0.124. The molecule has 0 saturated carbocycles. The van der Waals surface area contributed by atoms with Crippen molar-refractivity contribution >= 4 is 6.09 Å². The van der Waals surface area contributed by atoms with E-state index in [1.54, 1.807) is 4.90 Å². The Kier molecular flexibility index (Phi) is 4.80. The number of aliphatic hydroxyl groups excluding tert-OH is 1. The van der Waals surface area contributed by atoms with E-state index in [2.05, 4.69) is 6.92 Å². The highest BCUT2D eigenvalue weighted by atomic mass is 16.6. The Balaban J connectivity index is 2.62. The largest absolute Gasteiger partial charge is 0.444 e. The van der Waals surface area contributed by atoms with Gasteiger partial charge in [-0.25, -0.2) is 4.79 Å². The molecule has 0 bridgehead atoms. The van der Waals surface area contributed by atoms with Gasteiger partial charge in [-0.2, -0.15) is 0 Å². The predicted molar refractivity (Wildman–Crippen MR) is 66.9 cm³/mol. The molecule has 0 unspecified atom stereocenters. The van der Waals surface area contributed by atoms with Crippen LogP contribution in [0.3, 0.4) is 0 Å². The van der Waals surface area contributed by atoms with Crippen LogP contribution < -0.4 is 0 Å². The van der Waals surface area contributed by atoms with Gasteiger partial charge in [0.2, 0.25) is 0 Å². The number of likely N-dealkylation sites (tertiary alicyclic amines) is 1. The third-order valence-electron chi connectivity index (χ3n) is 2.94. The monoisotopic (exact) mass is 243 g/mol. The van der Waals surface area contributed by atoms with E-state index in [9.17, 15) is 9.90 Å². The molecule has 2 atom stereocenters. The Morgan fingerprint density at radius 1 is 1.47 bits per heavy atom. The van der Waals surface area contributed by atoms with Gasteiger partial charge in [0.1, 0.15) is 5.60 Å². The number of piperidine rings is 1. The van der Waals surface area contributed by atoms with Gasteiger partial charge in [-0.05, 0) is 40.0 Å². The molecular weight excluding hydrogens is 218 g/mol. The maximum Gasteiger partial charge on any atom is 0.410 e. The number of aliphatic hydroxyl groups is 1. The molecular formula is C13H25NO3. The molecule has 0 radical (unpaired) electrons. The zero-order chi connectivity index (χ0) is 13.1. The van der Waals surface area contributed by atoms with Gasteiger partial charge >= 0.3 is 6.09 Å². The van der Waals surface area contributed by atoms with Crippen LogP contribution in [0.1, 0.15) is 53.4 Å². The van der Waals surface area contributed by atoms with Crippen molar-refractivity contribution in [3.8, 4) is 0 Å². The molecule has 4 heteroatoms. The fourth-order valence-corrected chi connectivity index (χ4v) is 2.20. The van der Waals surface area contributed by atoms with Crippen molar-refractivity contribution in [2.45, 2.75) is 71.1 Å². The maximum atomic E-state index is 12.0. The zero-order valence-electron chi connectivity index (χ0n) is 11.4. The average molecular weight is 243 g/mol. The number of ether oxygens (including phenoxy) is 1. The number of hydrogen-bond acceptors (Lipinski definition) is 3. The molecule has 17 heavy (non-hydrogen) atoms.